The fourth-order valence-electron chi connectivity index (χ4n) is 3.60. The second-order valence-corrected chi connectivity index (χ2v) is 8.70. The van der Waals surface area contributed by atoms with E-state index in [1.807, 2.05) is 42.5 Å². The average Bonchev–Trinajstić information content (AvgIpc) is 2.83. The number of rotatable bonds is 8. The number of aromatic nitrogens is 1. The van der Waals surface area contributed by atoms with Crippen LogP contribution in [0.25, 0.3) is 0 Å². The third-order valence-corrected chi connectivity index (χ3v) is 6.19. The number of nitrogens with zero attached hydrogens (tertiary/aromatic N) is 2. The lowest BCUT2D eigenvalue weighted by molar-refractivity contribution is -0.0285. The SMILES string of the molecule is O=C(NCC1CN(Cc2ccccc2)CCO1)Nc1cccc(CSc2ccccn2)c1. The van der Waals surface area contributed by atoms with E-state index in [0.717, 1.165) is 41.7 Å². The molecule has 32 heavy (non-hydrogen) atoms. The standard InChI is InChI=1S/C25H28N4O2S/c30-25(27-16-23-18-29(13-14-31-23)17-20-7-2-1-3-8-20)28-22-10-6-9-21(15-22)19-32-24-11-4-5-12-26-24/h1-12,15,23H,13-14,16-19H2,(H2,27,28,30). The number of nitrogens with one attached hydrogen (secondary N) is 2. The fourth-order valence-corrected chi connectivity index (χ4v) is 4.40. The first-order chi connectivity index (χ1) is 15.7. The van der Waals surface area contributed by atoms with Crippen molar-refractivity contribution in [3.05, 3.63) is 90.1 Å². The molecule has 1 unspecified atom stereocenters. The summed E-state index contributed by atoms with van der Waals surface area (Å²) in [7, 11) is 0. The molecule has 2 N–H and O–H groups in total. The number of urea groups is 1. The number of amides is 2. The number of thioether (sulfide) groups is 1. The van der Waals surface area contributed by atoms with Gasteiger partial charge in [0.1, 0.15) is 0 Å². The predicted octanol–water partition coefficient (Wildman–Crippen LogP) is 4.40. The maximum absolute atomic E-state index is 12.4. The van der Waals surface area contributed by atoms with Gasteiger partial charge in [-0.05, 0) is 35.4 Å². The van der Waals surface area contributed by atoms with E-state index in [-0.39, 0.29) is 12.1 Å². The molecule has 1 atom stereocenters. The van der Waals surface area contributed by atoms with E-state index in [4.69, 9.17) is 4.74 Å². The lowest BCUT2D eigenvalue weighted by Gasteiger charge is -2.33. The number of ether oxygens (including phenoxy) is 1. The molecule has 2 aromatic carbocycles. The van der Waals surface area contributed by atoms with Gasteiger partial charge in [0.15, 0.2) is 0 Å². The Morgan fingerprint density at radius 1 is 1.06 bits per heavy atom. The number of hydrogen-bond acceptors (Lipinski definition) is 5. The summed E-state index contributed by atoms with van der Waals surface area (Å²) in [4.78, 5) is 19.1. The summed E-state index contributed by atoms with van der Waals surface area (Å²) in [5.41, 5.74) is 3.20. The van der Waals surface area contributed by atoms with Gasteiger partial charge in [-0.25, -0.2) is 9.78 Å². The summed E-state index contributed by atoms with van der Waals surface area (Å²) in [6.45, 7) is 3.76. The summed E-state index contributed by atoms with van der Waals surface area (Å²) in [6, 6.07) is 24.0. The quantitative estimate of drug-likeness (QED) is 0.500. The van der Waals surface area contributed by atoms with E-state index in [0.29, 0.717) is 13.2 Å². The Hall–Kier alpha value is -2.87. The summed E-state index contributed by atoms with van der Waals surface area (Å²) in [6.07, 6.45) is 1.78. The number of carbonyl (C=O) groups is 1. The Morgan fingerprint density at radius 2 is 1.91 bits per heavy atom. The maximum atomic E-state index is 12.4. The highest BCUT2D eigenvalue weighted by atomic mass is 32.2. The normalized spacial score (nSPS) is 16.4. The van der Waals surface area contributed by atoms with Gasteiger partial charge in [-0.1, -0.05) is 48.5 Å². The molecule has 166 valence electrons. The molecule has 0 radical (unpaired) electrons. The van der Waals surface area contributed by atoms with Crippen LogP contribution in [-0.2, 0) is 17.0 Å². The molecule has 4 rings (SSSR count). The summed E-state index contributed by atoms with van der Waals surface area (Å²) < 4.78 is 5.85. The molecule has 1 fully saturated rings. The molecule has 3 aromatic rings. The van der Waals surface area contributed by atoms with Crippen LogP contribution in [0.15, 0.2) is 84.0 Å². The Labute approximate surface area is 193 Å². The first-order valence-electron chi connectivity index (χ1n) is 10.8. The Kier molecular flexibility index (Phi) is 8.14. The lowest BCUT2D eigenvalue weighted by atomic mass is 10.2. The van der Waals surface area contributed by atoms with Crippen LogP contribution in [0.3, 0.4) is 0 Å². The van der Waals surface area contributed by atoms with Gasteiger partial charge in [-0.2, -0.15) is 0 Å². The second-order valence-electron chi connectivity index (χ2n) is 7.71. The molecular weight excluding hydrogens is 420 g/mol. The van der Waals surface area contributed by atoms with Crippen LogP contribution in [0.5, 0.6) is 0 Å². The number of anilines is 1. The smallest absolute Gasteiger partial charge is 0.319 e. The molecule has 2 heterocycles. The van der Waals surface area contributed by atoms with Gasteiger partial charge in [-0.3, -0.25) is 4.90 Å². The molecule has 1 aliphatic heterocycles. The van der Waals surface area contributed by atoms with E-state index in [1.165, 1.54) is 5.56 Å². The van der Waals surface area contributed by atoms with Crippen molar-refractivity contribution in [3.8, 4) is 0 Å². The predicted molar refractivity (Wildman–Crippen MR) is 129 cm³/mol. The molecule has 0 bridgehead atoms. The Bertz CT molecular complexity index is 988. The van der Waals surface area contributed by atoms with Crippen molar-refractivity contribution in [1.82, 2.24) is 15.2 Å². The minimum atomic E-state index is -0.219. The minimum Gasteiger partial charge on any atom is -0.374 e. The van der Waals surface area contributed by atoms with Gasteiger partial charge in [0.05, 0.1) is 17.7 Å². The number of carbonyl (C=O) groups excluding carboxylic acids is 1. The molecule has 0 spiro atoms. The first kappa shape index (κ1) is 22.3. The van der Waals surface area contributed by atoms with E-state index in [9.17, 15) is 4.79 Å². The largest absolute Gasteiger partial charge is 0.374 e. The Morgan fingerprint density at radius 3 is 2.75 bits per heavy atom. The average molecular weight is 449 g/mol. The summed E-state index contributed by atoms with van der Waals surface area (Å²) in [5, 5.41) is 6.86. The fraction of sp³-hybridized carbons (Fsp3) is 0.280. The van der Waals surface area contributed by atoms with Crippen LogP contribution in [-0.4, -0.2) is 48.3 Å². The van der Waals surface area contributed by atoms with Crippen molar-refractivity contribution in [1.29, 1.82) is 0 Å². The van der Waals surface area contributed by atoms with E-state index >= 15 is 0 Å². The molecule has 0 saturated carbocycles. The van der Waals surface area contributed by atoms with Gasteiger partial charge in [0.2, 0.25) is 0 Å². The molecule has 7 heteroatoms. The number of hydrogen-bond donors (Lipinski definition) is 2. The van der Waals surface area contributed by atoms with Crippen molar-refractivity contribution in [2.75, 3.05) is 31.6 Å². The zero-order chi connectivity index (χ0) is 22.0. The minimum absolute atomic E-state index is 0.0145. The molecule has 1 saturated heterocycles. The van der Waals surface area contributed by atoms with Crippen molar-refractivity contribution < 1.29 is 9.53 Å². The Balaban J connectivity index is 1.21. The third-order valence-electron chi connectivity index (χ3n) is 5.17. The van der Waals surface area contributed by atoms with Crippen LogP contribution in [0, 0.1) is 0 Å². The zero-order valence-corrected chi connectivity index (χ0v) is 18.8. The second kappa shape index (κ2) is 11.7. The van der Waals surface area contributed by atoms with Crippen LogP contribution in [0.1, 0.15) is 11.1 Å². The van der Waals surface area contributed by atoms with Crippen molar-refractivity contribution in [2.45, 2.75) is 23.4 Å². The molecule has 0 aliphatic carbocycles. The monoisotopic (exact) mass is 448 g/mol. The third kappa shape index (κ3) is 7.09. The maximum Gasteiger partial charge on any atom is 0.319 e. The number of benzene rings is 2. The van der Waals surface area contributed by atoms with Crippen molar-refractivity contribution in [2.24, 2.45) is 0 Å². The van der Waals surface area contributed by atoms with Crippen LogP contribution in [0.4, 0.5) is 10.5 Å². The van der Waals surface area contributed by atoms with Crippen LogP contribution in [0.2, 0.25) is 0 Å². The number of morpholine rings is 1. The molecule has 6 nitrogen and oxygen atoms in total. The number of pyridine rings is 1. The van der Waals surface area contributed by atoms with Crippen LogP contribution >= 0.6 is 11.8 Å². The lowest BCUT2D eigenvalue weighted by Crippen LogP contribution is -2.47. The van der Waals surface area contributed by atoms with E-state index in [2.05, 4.69) is 50.8 Å². The molecular formula is C25H28N4O2S. The summed E-state index contributed by atoms with van der Waals surface area (Å²) in [5.74, 6) is 0.793. The van der Waals surface area contributed by atoms with Crippen LogP contribution < -0.4 is 10.6 Å². The zero-order valence-electron chi connectivity index (χ0n) is 17.9. The molecule has 1 aliphatic rings. The van der Waals surface area contributed by atoms with Crippen molar-refractivity contribution >= 4 is 23.5 Å². The van der Waals surface area contributed by atoms with Gasteiger partial charge in [-0.15, -0.1) is 11.8 Å². The van der Waals surface area contributed by atoms with Gasteiger partial charge >= 0.3 is 6.03 Å². The van der Waals surface area contributed by atoms with Gasteiger partial charge in [0, 0.05) is 43.8 Å². The van der Waals surface area contributed by atoms with Gasteiger partial charge < -0.3 is 15.4 Å². The highest BCUT2D eigenvalue weighted by Crippen LogP contribution is 2.22. The first-order valence-corrected chi connectivity index (χ1v) is 11.8. The van der Waals surface area contributed by atoms with Crippen molar-refractivity contribution in [3.63, 3.8) is 0 Å². The highest BCUT2D eigenvalue weighted by molar-refractivity contribution is 7.98. The van der Waals surface area contributed by atoms with E-state index < -0.39 is 0 Å². The molecule has 1 aromatic heterocycles. The summed E-state index contributed by atoms with van der Waals surface area (Å²) >= 11 is 1.67. The van der Waals surface area contributed by atoms with Gasteiger partial charge in [0.25, 0.3) is 0 Å². The molecule has 2 amide bonds. The topological polar surface area (TPSA) is 66.5 Å². The van der Waals surface area contributed by atoms with E-state index in [1.54, 1.807) is 18.0 Å². The highest BCUT2D eigenvalue weighted by Gasteiger charge is 2.21.